The van der Waals surface area contributed by atoms with Crippen molar-refractivity contribution < 1.29 is 0 Å². The van der Waals surface area contributed by atoms with Gasteiger partial charge in [-0.05, 0) is 34.0 Å². The monoisotopic (exact) mass is 284 g/mol. The molecule has 2 nitrogen and oxygen atoms in total. The maximum atomic E-state index is 4.49. The van der Waals surface area contributed by atoms with Crippen molar-refractivity contribution in [2.75, 3.05) is 17.6 Å². The Balaban J connectivity index is 2.06. The predicted molar refractivity (Wildman–Crippen MR) is 71.7 cm³/mol. The van der Waals surface area contributed by atoms with Crippen LogP contribution in [-0.2, 0) is 0 Å². The SMILES string of the molecule is CC1CN=C(Nc2ccccc2Br)SC1. The van der Waals surface area contributed by atoms with Gasteiger partial charge in [-0.1, -0.05) is 30.8 Å². The van der Waals surface area contributed by atoms with E-state index in [9.17, 15) is 0 Å². The van der Waals surface area contributed by atoms with E-state index < -0.39 is 0 Å². The molecule has 15 heavy (non-hydrogen) atoms. The highest BCUT2D eigenvalue weighted by molar-refractivity contribution is 9.10. The number of aliphatic imine (C=N–C) groups is 1. The van der Waals surface area contributed by atoms with E-state index in [1.165, 1.54) is 0 Å². The number of hydrogen-bond donors (Lipinski definition) is 1. The Kier molecular flexibility index (Phi) is 3.70. The van der Waals surface area contributed by atoms with Crippen molar-refractivity contribution in [3.63, 3.8) is 0 Å². The lowest BCUT2D eigenvalue weighted by Gasteiger charge is -2.18. The molecule has 0 radical (unpaired) electrons. The van der Waals surface area contributed by atoms with Crippen LogP contribution >= 0.6 is 27.7 Å². The van der Waals surface area contributed by atoms with Crippen molar-refractivity contribution in [1.29, 1.82) is 0 Å². The van der Waals surface area contributed by atoms with Crippen LogP contribution in [0.5, 0.6) is 0 Å². The van der Waals surface area contributed by atoms with Crippen LogP contribution in [0, 0.1) is 5.92 Å². The minimum atomic E-state index is 0.694. The molecule has 4 heteroatoms. The van der Waals surface area contributed by atoms with Crippen LogP contribution in [0.1, 0.15) is 6.92 Å². The van der Waals surface area contributed by atoms with Gasteiger partial charge in [0.2, 0.25) is 0 Å². The summed E-state index contributed by atoms with van der Waals surface area (Å²) in [6.07, 6.45) is 0. The smallest absolute Gasteiger partial charge is 0.161 e. The molecule has 2 rings (SSSR count). The summed E-state index contributed by atoms with van der Waals surface area (Å²) in [5.41, 5.74) is 1.08. The first kappa shape index (κ1) is 11.0. The number of nitrogens with one attached hydrogen (secondary N) is 1. The maximum Gasteiger partial charge on any atom is 0.161 e. The molecule has 1 unspecified atom stereocenters. The van der Waals surface area contributed by atoms with E-state index in [4.69, 9.17) is 0 Å². The summed E-state index contributed by atoms with van der Waals surface area (Å²) in [5, 5.41) is 4.36. The van der Waals surface area contributed by atoms with E-state index in [0.29, 0.717) is 5.92 Å². The van der Waals surface area contributed by atoms with Crippen molar-refractivity contribution in [3.8, 4) is 0 Å². The third kappa shape index (κ3) is 2.98. The summed E-state index contributed by atoms with van der Waals surface area (Å²) < 4.78 is 1.08. The molecule has 0 spiro atoms. The third-order valence-corrected chi connectivity index (χ3v) is 4.10. The van der Waals surface area contributed by atoms with Gasteiger partial charge in [0.05, 0.1) is 5.69 Å². The fourth-order valence-electron chi connectivity index (χ4n) is 1.31. The van der Waals surface area contributed by atoms with Crippen LogP contribution in [-0.4, -0.2) is 17.5 Å². The lowest BCUT2D eigenvalue weighted by atomic mass is 10.2. The molecule has 1 aromatic rings. The summed E-state index contributed by atoms with van der Waals surface area (Å²) in [6, 6.07) is 8.10. The number of rotatable bonds is 1. The molecule has 80 valence electrons. The lowest BCUT2D eigenvalue weighted by molar-refractivity contribution is 0.674. The Morgan fingerprint density at radius 3 is 2.93 bits per heavy atom. The number of nitrogens with zero attached hydrogens (tertiary/aromatic N) is 1. The second-order valence-corrected chi connectivity index (χ2v) is 5.53. The molecule has 0 aromatic heterocycles. The van der Waals surface area contributed by atoms with Crippen molar-refractivity contribution >= 4 is 38.5 Å². The van der Waals surface area contributed by atoms with E-state index in [1.54, 1.807) is 11.8 Å². The van der Waals surface area contributed by atoms with Crippen LogP contribution in [0.4, 0.5) is 5.69 Å². The van der Waals surface area contributed by atoms with E-state index in [-0.39, 0.29) is 0 Å². The van der Waals surface area contributed by atoms with Gasteiger partial charge in [0.1, 0.15) is 0 Å². The van der Waals surface area contributed by atoms with Gasteiger partial charge in [-0.2, -0.15) is 0 Å². The predicted octanol–water partition coefficient (Wildman–Crippen LogP) is 3.60. The molecule has 0 fully saturated rings. The Hall–Kier alpha value is -0.480. The molecule has 0 bridgehead atoms. The first-order valence-corrected chi connectivity index (χ1v) is 6.72. The molecular weight excluding hydrogens is 272 g/mol. The molecule has 1 aromatic carbocycles. The van der Waals surface area contributed by atoms with Gasteiger partial charge in [0.25, 0.3) is 0 Å². The van der Waals surface area contributed by atoms with Crippen LogP contribution in [0.2, 0.25) is 0 Å². The summed E-state index contributed by atoms with van der Waals surface area (Å²) in [4.78, 5) is 4.49. The fraction of sp³-hybridized carbons (Fsp3) is 0.364. The maximum absolute atomic E-state index is 4.49. The number of para-hydroxylation sites is 1. The zero-order chi connectivity index (χ0) is 10.7. The molecule has 0 saturated carbocycles. The number of thioether (sulfide) groups is 1. The summed E-state index contributed by atoms with van der Waals surface area (Å²) in [7, 11) is 0. The minimum absolute atomic E-state index is 0.694. The average Bonchev–Trinajstić information content (AvgIpc) is 2.25. The molecule has 0 amide bonds. The standard InChI is InChI=1S/C11H13BrN2S/c1-8-6-13-11(15-7-8)14-10-5-3-2-4-9(10)12/h2-5,8H,6-7H2,1H3,(H,13,14). The number of anilines is 1. The number of halogens is 1. The first-order valence-electron chi connectivity index (χ1n) is 4.94. The molecule has 1 N–H and O–H groups in total. The van der Waals surface area contributed by atoms with Crippen LogP contribution < -0.4 is 5.32 Å². The van der Waals surface area contributed by atoms with Crippen molar-refractivity contribution in [2.45, 2.75) is 6.92 Å². The van der Waals surface area contributed by atoms with E-state index in [1.807, 2.05) is 24.3 Å². The van der Waals surface area contributed by atoms with Crippen LogP contribution in [0.15, 0.2) is 33.7 Å². The van der Waals surface area contributed by atoms with Gasteiger partial charge < -0.3 is 5.32 Å². The Bertz CT molecular complexity index is 379. The number of amidine groups is 1. The topological polar surface area (TPSA) is 24.4 Å². The van der Waals surface area contributed by atoms with Crippen molar-refractivity contribution in [2.24, 2.45) is 10.9 Å². The third-order valence-electron chi connectivity index (χ3n) is 2.17. The minimum Gasteiger partial charge on any atom is -0.334 e. The first-order chi connectivity index (χ1) is 7.25. The van der Waals surface area contributed by atoms with Crippen molar-refractivity contribution in [3.05, 3.63) is 28.7 Å². The van der Waals surface area contributed by atoms with E-state index in [0.717, 1.165) is 27.6 Å². The Morgan fingerprint density at radius 1 is 1.47 bits per heavy atom. The lowest BCUT2D eigenvalue weighted by Crippen LogP contribution is -2.18. The summed E-state index contributed by atoms with van der Waals surface area (Å²) >= 11 is 5.30. The molecule has 1 aliphatic rings. The molecule has 1 heterocycles. The highest BCUT2D eigenvalue weighted by atomic mass is 79.9. The van der Waals surface area contributed by atoms with Gasteiger partial charge in [-0.15, -0.1) is 0 Å². The van der Waals surface area contributed by atoms with Gasteiger partial charge in [-0.25, -0.2) is 0 Å². The highest BCUT2D eigenvalue weighted by Gasteiger charge is 2.12. The van der Waals surface area contributed by atoms with E-state index >= 15 is 0 Å². The normalized spacial score (nSPS) is 20.9. The number of benzene rings is 1. The van der Waals surface area contributed by atoms with Crippen molar-refractivity contribution in [1.82, 2.24) is 0 Å². The second-order valence-electron chi connectivity index (χ2n) is 3.67. The molecule has 1 aliphatic heterocycles. The summed E-state index contributed by atoms with van der Waals surface area (Å²) in [5.74, 6) is 1.84. The zero-order valence-corrected chi connectivity index (χ0v) is 10.9. The molecular formula is C11H13BrN2S. The Morgan fingerprint density at radius 2 is 2.27 bits per heavy atom. The molecule has 0 aliphatic carbocycles. The van der Waals surface area contributed by atoms with Gasteiger partial charge >= 0.3 is 0 Å². The van der Waals surface area contributed by atoms with Crippen LogP contribution in [0.25, 0.3) is 0 Å². The van der Waals surface area contributed by atoms with Gasteiger partial charge in [0.15, 0.2) is 5.17 Å². The quantitative estimate of drug-likeness (QED) is 0.852. The largest absolute Gasteiger partial charge is 0.334 e. The van der Waals surface area contributed by atoms with Gasteiger partial charge in [-0.3, -0.25) is 4.99 Å². The fourth-order valence-corrected chi connectivity index (χ4v) is 2.59. The molecule has 0 saturated heterocycles. The molecule has 1 atom stereocenters. The van der Waals surface area contributed by atoms with Gasteiger partial charge in [0, 0.05) is 16.8 Å². The zero-order valence-electron chi connectivity index (χ0n) is 8.53. The highest BCUT2D eigenvalue weighted by Crippen LogP contribution is 2.24. The summed E-state index contributed by atoms with van der Waals surface area (Å²) in [6.45, 7) is 3.16. The number of hydrogen-bond acceptors (Lipinski definition) is 3. The second kappa shape index (κ2) is 5.03. The van der Waals surface area contributed by atoms with Crippen LogP contribution in [0.3, 0.4) is 0 Å². The Labute approximate surface area is 103 Å². The van der Waals surface area contributed by atoms with E-state index in [2.05, 4.69) is 33.2 Å². The average molecular weight is 285 g/mol.